The first-order chi connectivity index (χ1) is 23.3. The molecule has 2 aromatic heterocycles. The summed E-state index contributed by atoms with van der Waals surface area (Å²) < 4.78 is 6.39. The second-order valence-corrected chi connectivity index (χ2v) is 12.9. The van der Waals surface area contributed by atoms with Crippen molar-refractivity contribution in [1.82, 2.24) is 4.98 Å². The maximum Gasteiger partial charge on any atom is 0.137 e. The molecule has 0 saturated heterocycles. The molecular formula is C43H26N2OS. The molecule has 0 radical (unpaired) electrons. The van der Waals surface area contributed by atoms with Crippen LogP contribution in [-0.4, -0.2) is 4.98 Å². The maximum absolute atomic E-state index is 6.39. The van der Waals surface area contributed by atoms with Gasteiger partial charge in [0.1, 0.15) is 16.2 Å². The minimum atomic E-state index is 0.874. The number of aromatic nitrogens is 1. The summed E-state index contributed by atoms with van der Waals surface area (Å²) in [6.45, 7) is 0. The van der Waals surface area contributed by atoms with Gasteiger partial charge < -0.3 is 9.32 Å². The first-order valence-electron chi connectivity index (χ1n) is 15.8. The molecule has 4 heteroatoms. The molecule has 10 rings (SSSR count). The fourth-order valence-corrected chi connectivity index (χ4v) is 8.28. The molecule has 0 N–H and O–H groups in total. The summed E-state index contributed by atoms with van der Waals surface area (Å²) in [5.41, 5.74) is 12.1. The van der Waals surface area contributed by atoms with Crippen molar-refractivity contribution in [2.24, 2.45) is 0 Å². The number of thiazole rings is 1. The minimum absolute atomic E-state index is 0.874. The summed E-state index contributed by atoms with van der Waals surface area (Å²) in [6.07, 6.45) is 0. The molecule has 9 aromatic rings. The van der Waals surface area contributed by atoms with Crippen LogP contribution in [0.25, 0.3) is 76.1 Å². The van der Waals surface area contributed by atoms with Gasteiger partial charge in [0, 0.05) is 38.5 Å². The molecule has 0 fully saturated rings. The fraction of sp³-hybridized carbons (Fsp3) is 0. The lowest BCUT2D eigenvalue weighted by Crippen LogP contribution is -2.11. The minimum Gasteiger partial charge on any atom is -0.456 e. The number of para-hydroxylation sites is 1. The molecule has 2 heterocycles. The van der Waals surface area contributed by atoms with E-state index in [1.54, 1.807) is 11.3 Å². The third kappa shape index (κ3) is 4.02. The Morgan fingerprint density at radius 2 is 1.19 bits per heavy atom. The van der Waals surface area contributed by atoms with E-state index in [2.05, 4.69) is 150 Å². The van der Waals surface area contributed by atoms with E-state index in [1.165, 1.54) is 37.9 Å². The number of furan rings is 1. The van der Waals surface area contributed by atoms with Crippen molar-refractivity contribution in [3.05, 3.63) is 158 Å². The third-order valence-electron chi connectivity index (χ3n) is 9.24. The van der Waals surface area contributed by atoms with E-state index in [0.29, 0.717) is 0 Å². The van der Waals surface area contributed by atoms with Gasteiger partial charge in [0.2, 0.25) is 0 Å². The predicted octanol–water partition coefficient (Wildman–Crippen LogP) is 12.6. The van der Waals surface area contributed by atoms with Crippen LogP contribution in [0.3, 0.4) is 0 Å². The zero-order valence-electron chi connectivity index (χ0n) is 25.2. The number of anilines is 3. The predicted molar refractivity (Wildman–Crippen MR) is 197 cm³/mol. The van der Waals surface area contributed by atoms with E-state index in [9.17, 15) is 0 Å². The van der Waals surface area contributed by atoms with Crippen molar-refractivity contribution >= 4 is 61.1 Å². The van der Waals surface area contributed by atoms with Gasteiger partial charge in [0.25, 0.3) is 0 Å². The molecule has 0 saturated carbocycles. The largest absolute Gasteiger partial charge is 0.456 e. The normalized spacial score (nSPS) is 11.8. The van der Waals surface area contributed by atoms with E-state index in [0.717, 1.165) is 55.3 Å². The zero-order valence-corrected chi connectivity index (χ0v) is 26.0. The Morgan fingerprint density at radius 1 is 0.489 bits per heavy atom. The van der Waals surface area contributed by atoms with Gasteiger partial charge in [-0.3, -0.25) is 0 Å². The Bertz CT molecular complexity index is 2610. The molecule has 47 heavy (non-hydrogen) atoms. The summed E-state index contributed by atoms with van der Waals surface area (Å²) >= 11 is 1.78. The molecule has 220 valence electrons. The highest BCUT2D eigenvalue weighted by atomic mass is 32.1. The molecule has 3 nitrogen and oxygen atoms in total. The Labute approximate surface area is 275 Å². The molecule has 7 aromatic carbocycles. The van der Waals surface area contributed by atoms with Crippen LogP contribution in [-0.2, 0) is 0 Å². The molecule has 0 amide bonds. The van der Waals surface area contributed by atoms with Crippen LogP contribution in [0.1, 0.15) is 0 Å². The van der Waals surface area contributed by atoms with Crippen LogP contribution in [0.5, 0.6) is 0 Å². The SMILES string of the molecule is c1ccc(-c2cccc(N(c3ccc4c5c(cccc35)-c3sc(-c5ccccc5)nc3-4)c3cccc4oc5ccccc5c34)c2)cc1. The van der Waals surface area contributed by atoms with Crippen LogP contribution in [0.4, 0.5) is 17.1 Å². The van der Waals surface area contributed by atoms with Gasteiger partial charge in [0.05, 0.1) is 27.3 Å². The van der Waals surface area contributed by atoms with Crippen molar-refractivity contribution in [1.29, 1.82) is 0 Å². The van der Waals surface area contributed by atoms with Gasteiger partial charge in [0.15, 0.2) is 0 Å². The number of hydrogen-bond donors (Lipinski definition) is 0. The lowest BCUT2D eigenvalue weighted by molar-refractivity contribution is 0.669. The van der Waals surface area contributed by atoms with Gasteiger partial charge in [-0.05, 0) is 47.5 Å². The van der Waals surface area contributed by atoms with E-state index < -0.39 is 0 Å². The van der Waals surface area contributed by atoms with Gasteiger partial charge in [-0.2, -0.15) is 0 Å². The molecule has 0 unspecified atom stereocenters. The van der Waals surface area contributed by atoms with Crippen molar-refractivity contribution < 1.29 is 4.42 Å². The number of fused-ring (bicyclic) bond motifs is 6. The number of hydrogen-bond acceptors (Lipinski definition) is 4. The molecule has 1 aliphatic carbocycles. The fourth-order valence-electron chi connectivity index (χ4n) is 7.17. The molecule has 0 atom stereocenters. The Hall–Kier alpha value is -5.97. The van der Waals surface area contributed by atoms with E-state index in [4.69, 9.17) is 9.40 Å². The van der Waals surface area contributed by atoms with Crippen LogP contribution in [0.2, 0.25) is 0 Å². The third-order valence-corrected chi connectivity index (χ3v) is 10.4. The molecule has 1 aliphatic rings. The van der Waals surface area contributed by atoms with Gasteiger partial charge in [-0.1, -0.05) is 121 Å². The lowest BCUT2D eigenvalue weighted by atomic mass is 9.99. The lowest BCUT2D eigenvalue weighted by Gasteiger charge is -2.28. The van der Waals surface area contributed by atoms with Crippen LogP contribution in [0, 0.1) is 0 Å². The molecular weight excluding hydrogens is 593 g/mol. The average molecular weight is 619 g/mol. The van der Waals surface area contributed by atoms with Crippen molar-refractivity contribution in [2.75, 3.05) is 4.90 Å². The van der Waals surface area contributed by atoms with E-state index in [1.807, 2.05) is 12.1 Å². The topological polar surface area (TPSA) is 29.3 Å². The highest BCUT2D eigenvalue weighted by molar-refractivity contribution is 7.19. The van der Waals surface area contributed by atoms with E-state index >= 15 is 0 Å². The van der Waals surface area contributed by atoms with Crippen molar-refractivity contribution in [3.8, 4) is 43.4 Å². The van der Waals surface area contributed by atoms with Crippen molar-refractivity contribution in [2.45, 2.75) is 0 Å². The second kappa shape index (κ2) is 10.3. The standard InChI is InChI=1S/C43H26N2OS/c1-3-12-27(13-4-1)29-16-9-17-30(26-29)45(36-21-11-23-38-40(36)32-18-7-8-22-37(32)46-38)35-25-24-33-39-31(35)19-10-20-34(39)42-41(33)44-43(47-42)28-14-5-2-6-15-28/h1-26H. The Morgan fingerprint density at radius 3 is 2.06 bits per heavy atom. The zero-order chi connectivity index (χ0) is 30.9. The monoisotopic (exact) mass is 618 g/mol. The highest BCUT2D eigenvalue weighted by Gasteiger charge is 2.29. The first-order valence-corrected chi connectivity index (χ1v) is 16.6. The number of benzene rings is 7. The first kappa shape index (κ1) is 26.3. The Balaban J connectivity index is 1.23. The molecule has 0 spiro atoms. The summed E-state index contributed by atoms with van der Waals surface area (Å²) in [5.74, 6) is 0. The summed E-state index contributed by atoms with van der Waals surface area (Å²) in [5, 5.41) is 5.71. The Kier molecular flexibility index (Phi) is 5.74. The molecule has 0 bridgehead atoms. The number of rotatable bonds is 5. The van der Waals surface area contributed by atoms with Gasteiger partial charge in [-0.25, -0.2) is 4.98 Å². The molecule has 0 aliphatic heterocycles. The quantitative estimate of drug-likeness (QED) is 0.192. The van der Waals surface area contributed by atoms with E-state index in [-0.39, 0.29) is 0 Å². The maximum atomic E-state index is 6.39. The second-order valence-electron chi connectivity index (χ2n) is 11.9. The van der Waals surface area contributed by atoms with Gasteiger partial charge in [-0.15, -0.1) is 11.3 Å². The summed E-state index contributed by atoms with van der Waals surface area (Å²) in [6, 6.07) is 55.9. The number of nitrogens with zero attached hydrogens (tertiary/aromatic N) is 2. The summed E-state index contributed by atoms with van der Waals surface area (Å²) in [7, 11) is 0. The van der Waals surface area contributed by atoms with Crippen LogP contribution in [0.15, 0.2) is 162 Å². The summed E-state index contributed by atoms with van der Waals surface area (Å²) in [4.78, 5) is 8.85. The van der Waals surface area contributed by atoms with Gasteiger partial charge >= 0.3 is 0 Å². The highest BCUT2D eigenvalue weighted by Crippen LogP contribution is 2.54. The average Bonchev–Trinajstić information content (AvgIpc) is 3.83. The van der Waals surface area contributed by atoms with Crippen LogP contribution < -0.4 is 4.90 Å². The smallest absolute Gasteiger partial charge is 0.137 e. The van der Waals surface area contributed by atoms with Crippen LogP contribution >= 0.6 is 11.3 Å². The van der Waals surface area contributed by atoms with Crippen molar-refractivity contribution in [3.63, 3.8) is 0 Å².